The second-order valence-corrected chi connectivity index (χ2v) is 7.45. The third kappa shape index (κ3) is 5.13. The van der Waals surface area contributed by atoms with Crippen LogP contribution in [0.15, 0.2) is 24.3 Å². The fourth-order valence-electron chi connectivity index (χ4n) is 3.16. The second-order valence-electron chi connectivity index (χ2n) is 7.45. The zero-order valence-corrected chi connectivity index (χ0v) is 16.3. The molecule has 6 heteroatoms. The van der Waals surface area contributed by atoms with Gasteiger partial charge in [0, 0.05) is 19.0 Å². The topological polar surface area (TPSA) is 65.1 Å². The Hall–Kier alpha value is -2.24. The fraction of sp³-hybridized carbons (Fsp3) is 0.600. The zero-order valence-electron chi connectivity index (χ0n) is 16.3. The van der Waals surface area contributed by atoms with Gasteiger partial charge >= 0.3 is 12.1 Å². The van der Waals surface area contributed by atoms with Crippen LogP contribution < -0.4 is 4.74 Å². The molecule has 26 heavy (non-hydrogen) atoms. The number of benzene rings is 1. The standard InChI is InChI=1S/C20H29NO5/c1-6-25-18(22)16-11-12-21(19(23)26-20(2,3)4)13-17(16)14-7-9-15(24-5)10-8-14/h7-10,16-17H,6,11-13H2,1-5H3/t16-,17+/m0/s1. The van der Waals surface area contributed by atoms with Gasteiger partial charge in [-0.1, -0.05) is 12.1 Å². The van der Waals surface area contributed by atoms with Crippen molar-refractivity contribution in [2.45, 2.75) is 45.6 Å². The summed E-state index contributed by atoms with van der Waals surface area (Å²) < 4.78 is 16.0. The lowest BCUT2D eigenvalue weighted by Crippen LogP contribution is -2.47. The number of carbonyl (C=O) groups is 2. The Bertz CT molecular complexity index is 620. The Morgan fingerprint density at radius 3 is 2.38 bits per heavy atom. The number of esters is 1. The summed E-state index contributed by atoms with van der Waals surface area (Å²) in [6.45, 7) is 8.58. The summed E-state index contributed by atoms with van der Waals surface area (Å²) in [4.78, 5) is 26.6. The van der Waals surface area contributed by atoms with Crippen molar-refractivity contribution in [1.82, 2.24) is 4.90 Å². The van der Waals surface area contributed by atoms with Crippen molar-refractivity contribution in [1.29, 1.82) is 0 Å². The van der Waals surface area contributed by atoms with Gasteiger partial charge in [0.25, 0.3) is 0 Å². The molecule has 0 N–H and O–H groups in total. The lowest BCUT2D eigenvalue weighted by molar-refractivity contribution is -0.150. The normalized spacial score (nSPS) is 20.4. The van der Waals surface area contributed by atoms with Crippen LogP contribution in [0.5, 0.6) is 5.75 Å². The first-order chi connectivity index (χ1) is 12.2. The fourth-order valence-corrected chi connectivity index (χ4v) is 3.16. The van der Waals surface area contributed by atoms with E-state index in [-0.39, 0.29) is 23.9 Å². The number of carbonyl (C=O) groups excluding carboxylic acids is 2. The average Bonchev–Trinajstić information content (AvgIpc) is 2.60. The molecule has 2 rings (SSSR count). The first-order valence-electron chi connectivity index (χ1n) is 9.03. The summed E-state index contributed by atoms with van der Waals surface area (Å²) in [5.41, 5.74) is 0.433. The van der Waals surface area contributed by atoms with Crippen molar-refractivity contribution in [3.05, 3.63) is 29.8 Å². The zero-order chi connectivity index (χ0) is 19.3. The van der Waals surface area contributed by atoms with Crippen molar-refractivity contribution < 1.29 is 23.8 Å². The van der Waals surface area contributed by atoms with Crippen LogP contribution in [0.25, 0.3) is 0 Å². The number of methoxy groups -OCH3 is 1. The first-order valence-corrected chi connectivity index (χ1v) is 9.03. The van der Waals surface area contributed by atoms with Gasteiger partial charge in [-0.05, 0) is 51.8 Å². The van der Waals surface area contributed by atoms with Crippen LogP contribution in [0.1, 0.15) is 45.6 Å². The highest BCUT2D eigenvalue weighted by Crippen LogP contribution is 2.34. The van der Waals surface area contributed by atoms with Crippen LogP contribution in [-0.4, -0.2) is 49.4 Å². The lowest BCUT2D eigenvalue weighted by atomic mass is 9.80. The van der Waals surface area contributed by atoms with E-state index in [1.165, 1.54) is 0 Å². The minimum absolute atomic E-state index is 0.138. The monoisotopic (exact) mass is 363 g/mol. The van der Waals surface area contributed by atoms with Crippen LogP contribution in [0, 0.1) is 5.92 Å². The Balaban J connectivity index is 2.22. The molecule has 0 unspecified atom stereocenters. The summed E-state index contributed by atoms with van der Waals surface area (Å²) in [6, 6.07) is 7.61. The molecule has 1 aromatic rings. The van der Waals surface area contributed by atoms with Crippen LogP contribution in [0.3, 0.4) is 0 Å². The molecule has 1 heterocycles. The molecule has 0 bridgehead atoms. The molecule has 0 radical (unpaired) electrons. The number of hydrogen-bond acceptors (Lipinski definition) is 5. The van der Waals surface area contributed by atoms with E-state index in [0.29, 0.717) is 26.1 Å². The van der Waals surface area contributed by atoms with Crippen molar-refractivity contribution in [3.8, 4) is 5.75 Å². The molecular weight excluding hydrogens is 334 g/mol. The number of amides is 1. The molecule has 6 nitrogen and oxygen atoms in total. The van der Waals surface area contributed by atoms with Crippen molar-refractivity contribution >= 4 is 12.1 Å². The third-order valence-corrected chi connectivity index (χ3v) is 4.40. The largest absolute Gasteiger partial charge is 0.497 e. The summed E-state index contributed by atoms with van der Waals surface area (Å²) in [5.74, 6) is 0.127. The van der Waals surface area contributed by atoms with E-state index in [4.69, 9.17) is 14.2 Å². The quantitative estimate of drug-likeness (QED) is 0.765. The van der Waals surface area contributed by atoms with Gasteiger partial charge in [-0.25, -0.2) is 4.79 Å². The highest BCUT2D eigenvalue weighted by molar-refractivity contribution is 5.75. The van der Waals surface area contributed by atoms with Crippen LogP contribution in [0.2, 0.25) is 0 Å². The predicted molar refractivity (Wildman–Crippen MR) is 98.3 cm³/mol. The molecule has 0 spiro atoms. The van der Waals surface area contributed by atoms with Crippen molar-refractivity contribution in [2.75, 3.05) is 26.8 Å². The van der Waals surface area contributed by atoms with Crippen LogP contribution in [-0.2, 0) is 14.3 Å². The van der Waals surface area contributed by atoms with Crippen LogP contribution in [0.4, 0.5) is 4.79 Å². The molecule has 2 atom stereocenters. The highest BCUT2D eigenvalue weighted by Gasteiger charge is 2.38. The van der Waals surface area contributed by atoms with E-state index in [2.05, 4.69) is 0 Å². The lowest BCUT2D eigenvalue weighted by Gasteiger charge is -2.38. The maximum Gasteiger partial charge on any atom is 0.410 e. The minimum atomic E-state index is -0.551. The van der Waals surface area contributed by atoms with Gasteiger partial charge in [0.05, 0.1) is 19.6 Å². The van der Waals surface area contributed by atoms with Gasteiger partial charge < -0.3 is 19.1 Å². The number of likely N-dealkylation sites (tertiary alicyclic amines) is 1. The smallest absolute Gasteiger partial charge is 0.410 e. The van der Waals surface area contributed by atoms with Crippen molar-refractivity contribution in [3.63, 3.8) is 0 Å². The van der Waals surface area contributed by atoms with Gasteiger partial charge in [0.1, 0.15) is 11.4 Å². The maximum atomic E-state index is 12.5. The average molecular weight is 363 g/mol. The second kappa shape index (κ2) is 8.43. The molecule has 1 aliphatic heterocycles. The number of rotatable bonds is 4. The minimum Gasteiger partial charge on any atom is -0.497 e. The summed E-state index contributed by atoms with van der Waals surface area (Å²) >= 11 is 0. The summed E-state index contributed by atoms with van der Waals surface area (Å²) in [7, 11) is 1.61. The molecule has 1 aliphatic rings. The van der Waals surface area contributed by atoms with E-state index in [0.717, 1.165) is 11.3 Å². The van der Waals surface area contributed by atoms with Crippen molar-refractivity contribution in [2.24, 2.45) is 5.92 Å². The Morgan fingerprint density at radius 1 is 1.19 bits per heavy atom. The van der Waals surface area contributed by atoms with Gasteiger partial charge in [-0.15, -0.1) is 0 Å². The van der Waals surface area contributed by atoms with Crippen LogP contribution >= 0.6 is 0 Å². The first kappa shape index (κ1) is 20.1. The highest BCUT2D eigenvalue weighted by atomic mass is 16.6. The van der Waals surface area contributed by atoms with E-state index in [9.17, 15) is 9.59 Å². The van der Waals surface area contributed by atoms with Gasteiger partial charge in [0.2, 0.25) is 0 Å². The molecule has 144 valence electrons. The molecule has 0 saturated carbocycles. The summed E-state index contributed by atoms with van der Waals surface area (Å²) in [6.07, 6.45) is 0.202. The Morgan fingerprint density at radius 2 is 1.85 bits per heavy atom. The number of nitrogens with zero attached hydrogens (tertiary/aromatic N) is 1. The Labute approximate surface area is 155 Å². The molecular formula is C20H29NO5. The molecule has 0 aliphatic carbocycles. The van der Waals surface area contributed by atoms with Gasteiger partial charge in [-0.3, -0.25) is 4.79 Å². The van der Waals surface area contributed by atoms with E-state index >= 15 is 0 Å². The van der Waals surface area contributed by atoms with E-state index < -0.39 is 5.60 Å². The molecule has 1 fully saturated rings. The number of hydrogen-bond donors (Lipinski definition) is 0. The maximum absolute atomic E-state index is 12.5. The summed E-state index contributed by atoms with van der Waals surface area (Å²) in [5, 5.41) is 0. The molecule has 1 saturated heterocycles. The van der Waals surface area contributed by atoms with E-state index in [1.54, 1.807) is 18.9 Å². The molecule has 1 amide bonds. The van der Waals surface area contributed by atoms with E-state index in [1.807, 2.05) is 45.0 Å². The van der Waals surface area contributed by atoms with Gasteiger partial charge in [-0.2, -0.15) is 0 Å². The molecule has 0 aromatic heterocycles. The number of ether oxygens (including phenoxy) is 3. The van der Waals surface area contributed by atoms with Gasteiger partial charge in [0.15, 0.2) is 0 Å². The SMILES string of the molecule is CCOC(=O)[C@H]1CCN(C(=O)OC(C)(C)C)C[C@@H]1c1ccc(OC)cc1. The third-order valence-electron chi connectivity index (χ3n) is 4.40. The predicted octanol–water partition coefficient (Wildman–Crippen LogP) is 3.60. The molecule has 1 aromatic carbocycles. The number of piperidine rings is 1. The Kier molecular flexibility index (Phi) is 6.51.